The van der Waals surface area contributed by atoms with Crippen LogP contribution in [0.4, 0.5) is 13.2 Å². The third-order valence-corrected chi connectivity index (χ3v) is 4.19. The van der Waals surface area contributed by atoms with E-state index in [1.807, 2.05) is 6.92 Å². The molecule has 2 rings (SSSR count). The molecule has 0 aliphatic heterocycles. The number of nitrogens with one attached hydrogen (secondary N) is 1. The third-order valence-electron chi connectivity index (χ3n) is 4.19. The first-order valence-corrected chi connectivity index (χ1v) is 7.47. The minimum atomic E-state index is -4.64. The first kappa shape index (κ1) is 16.1. The maximum absolute atomic E-state index is 12.1. The average molecular weight is 301 g/mol. The van der Waals surface area contributed by atoms with Crippen molar-refractivity contribution >= 4 is 0 Å². The fourth-order valence-corrected chi connectivity index (χ4v) is 2.94. The van der Waals surface area contributed by atoms with Crippen molar-refractivity contribution in [3.8, 4) is 5.75 Å². The van der Waals surface area contributed by atoms with E-state index in [1.54, 1.807) is 12.1 Å². The van der Waals surface area contributed by atoms with Crippen molar-refractivity contribution in [1.82, 2.24) is 5.32 Å². The second-order valence-corrected chi connectivity index (χ2v) is 5.87. The Morgan fingerprint density at radius 2 is 1.76 bits per heavy atom. The standard InChI is InChI=1S/C16H22F3NO/c1-11-5-3-4-6-15(11)20-12(2)13-7-9-14(10-8-13)21-16(17,18)19/h7-12,15,20H,3-6H2,1-2H3. The summed E-state index contributed by atoms with van der Waals surface area (Å²) in [5.41, 5.74) is 0.974. The molecule has 1 aromatic carbocycles. The van der Waals surface area contributed by atoms with E-state index in [1.165, 1.54) is 37.8 Å². The van der Waals surface area contributed by atoms with Crippen molar-refractivity contribution in [3.05, 3.63) is 29.8 Å². The number of alkyl halides is 3. The molecule has 0 radical (unpaired) electrons. The van der Waals surface area contributed by atoms with E-state index in [2.05, 4.69) is 17.0 Å². The number of hydrogen-bond acceptors (Lipinski definition) is 2. The Balaban J connectivity index is 1.94. The van der Waals surface area contributed by atoms with Gasteiger partial charge in [-0.3, -0.25) is 0 Å². The Morgan fingerprint density at radius 1 is 1.14 bits per heavy atom. The first-order valence-electron chi connectivity index (χ1n) is 7.47. The summed E-state index contributed by atoms with van der Waals surface area (Å²) in [5, 5.41) is 3.59. The monoisotopic (exact) mass is 301 g/mol. The zero-order valence-electron chi connectivity index (χ0n) is 12.4. The molecule has 0 aromatic heterocycles. The van der Waals surface area contributed by atoms with E-state index in [4.69, 9.17) is 0 Å². The molecule has 0 spiro atoms. The van der Waals surface area contributed by atoms with Crippen LogP contribution >= 0.6 is 0 Å². The van der Waals surface area contributed by atoms with Crippen LogP contribution in [0, 0.1) is 5.92 Å². The number of benzene rings is 1. The Bertz CT molecular complexity index is 444. The molecule has 0 saturated heterocycles. The van der Waals surface area contributed by atoms with Crippen LogP contribution in [0.5, 0.6) is 5.75 Å². The number of rotatable bonds is 4. The van der Waals surface area contributed by atoms with Crippen LogP contribution in [0.25, 0.3) is 0 Å². The van der Waals surface area contributed by atoms with Gasteiger partial charge in [-0.1, -0.05) is 31.9 Å². The van der Waals surface area contributed by atoms with Gasteiger partial charge >= 0.3 is 6.36 Å². The predicted molar refractivity (Wildman–Crippen MR) is 76.1 cm³/mol. The van der Waals surface area contributed by atoms with Gasteiger partial charge in [-0.25, -0.2) is 0 Å². The van der Waals surface area contributed by atoms with Crippen molar-refractivity contribution < 1.29 is 17.9 Å². The summed E-state index contributed by atoms with van der Waals surface area (Å²) in [6.07, 6.45) is 0.302. The summed E-state index contributed by atoms with van der Waals surface area (Å²) < 4.78 is 40.2. The highest BCUT2D eigenvalue weighted by atomic mass is 19.4. The fourth-order valence-electron chi connectivity index (χ4n) is 2.94. The SMILES string of the molecule is CC(NC1CCCCC1C)c1ccc(OC(F)(F)F)cc1. The van der Waals surface area contributed by atoms with E-state index < -0.39 is 6.36 Å². The Morgan fingerprint density at radius 3 is 2.33 bits per heavy atom. The molecular formula is C16H22F3NO. The number of hydrogen-bond donors (Lipinski definition) is 1. The lowest BCUT2D eigenvalue weighted by molar-refractivity contribution is -0.274. The van der Waals surface area contributed by atoms with E-state index in [9.17, 15) is 13.2 Å². The van der Waals surface area contributed by atoms with Gasteiger partial charge in [0.15, 0.2) is 0 Å². The lowest BCUT2D eigenvalue weighted by atomic mass is 9.85. The molecule has 1 aliphatic rings. The number of ether oxygens (including phenoxy) is 1. The van der Waals surface area contributed by atoms with Gasteiger partial charge in [0.2, 0.25) is 0 Å². The summed E-state index contributed by atoms with van der Waals surface area (Å²) in [5.74, 6) is 0.471. The van der Waals surface area contributed by atoms with Crippen LogP contribution in [0.15, 0.2) is 24.3 Å². The van der Waals surface area contributed by atoms with Crippen LogP contribution in [-0.2, 0) is 0 Å². The first-order chi connectivity index (χ1) is 9.85. The molecule has 118 valence electrons. The highest BCUT2D eigenvalue weighted by molar-refractivity contribution is 5.29. The molecule has 0 amide bonds. The Hall–Kier alpha value is -1.23. The molecule has 1 aliphatic carbocycles. The van der Waals surface area contributed by atoms with Crippen molar-refractivity contribution in [2.24, 2.45) is 5.92 Å². The van der Waals surface area contributed by atoms with Crippen LogP contribution in [0.3, 0.4) is 0 Å². The minimum Gasteiger partial charge on any atom is -0.406 e. The van der Waals surface area contributed by atoms with Gasteiger partial charge < -0.3 is 10.1 Å². The molecule has 2 nitrogen and oxygen atoms in total. The van der Waals surface area contributed by atoms with Crippen LogP contribution in [-0.4, -0.2) is 12.4 Å². The average Bonchev–Trinajstić information content (AvgIpc) is 2.40. The second kappa shape index (κ2) is 6.69. The van der Waals surface area contributed by atoms with Crippen molar-refractivity contribution in [3.63, 3.8) is 0 Å². The molecule has 1 fully saturated rings. The Labute approximate surface area is 123 Å². The normalized spacial score (nSPS) is 24.6. The van der Waals surface area contributed by atoms with Gasteiger partial charge in [0.1, 0.15) is 5.75 Å². The summed E-state index contributed by atoms with van der Waals surface area (Å²) in [4.78, 5) is 0. The van der Waals surface area contributed by atoms with E-state index in [-0.39, 0.29) is 11.8 Å². The highest BCUT2D eigenvalue weighted by Crippen LogP contribution is 2.28. The van der Waals surface area contributed by atoms with E-state index in [0.29, 0.717) is 12.0 Å². The summed E-state index contributed by atoms with van der Waals surface area (Å²) in [7, 11) is 0. The zero-order chi connectivity index (χ0) is 15.5. The topological polar surface area (TPSA) is 21.3 Å². The maximum atomic E-state index is 12.1. The third kappa shape index (κ3) is 4.92. The quantitative estimate of drug-likeness (QED) is 0.861. The van der Waals surface area contributed by atoms with Gasteiger partial charge in [-0.2, -0.15) is 0 Å². The van der Waals surface area contributed by atoms with Crippen molar-refractivity contribution in [1.29, 1.82) is 0 Å². The largest absolute Gasteiger partial charge is 0.573 e. The second-order valence-electron chi connectivity index (χ2n) is 5.87. The summed E-state index contributed by atoms with van der Waals surface area (Å²) in [6.45, 7) is 4.30. The maximum Gasteiger partial charge on any atom is 0.573 e. The zero-order valence-corrected chi connectivity index (χ0v) is 12.4. The van der Waals surface area contributed by atoms with E-state index in [0.717, 1.165) is 5.56 Å². The molecule has 0 heterocycles. The molecule has 3 unspecified atom stereocenters. The van der Waals surface area contributed by atoms with E-state index >= 15 is 0 Å². The summed E-state index contributed by atoms with van der Waals surface area (Å²) in [6, 6.07) is 6.71. The molecular weight excluding hydrogens is 279 g/mol. The smallest absolute Gasteiger partial charge is 0.406 e. The highest BCUT2D eigenvalue weighted by Gasteiger charge is 2.31. The number of halogens is 3. The molecule has 1 saturated carbocycles. The van der Waals surface area contributed by atoms with Crippen molar-refractivity contribution in [2.45, 2.75) is 58.0 Å². The Kier molecular flexibility index (Phi) is 5.14. The molecule has 1 aromatic rings. The van der Waals surface area contributed by atoms with Crippen molar-refractivity contribution in [2.75, 3.05) is 0 Å². The molecule has 5 heteroatoms. The molecule has 21 heavy (non-hydrogen) atoms. The lowest BCUT2D eigenvalue weighted by Gasteiger charge is -2.32. The van der Waals surface area contributed by atoms with Crippen LogP contribution < -0.4 is 10.1 Å². The predicted octanol–water partition coefficient (Wildman–Crippen LogP) is 4.81. The lowest BCUT2D eigenvalue weighted by Crippen LogP contribution is -2.38. The van der Waals surface area contributed by atoms with Gasteiger partial charge in [-0.05, 0) is 43.4 Å². The van der Waals surface area contributed by atoms with Crippen LogP contribution in [0.1, 0.15) is 51.1 Å². The van der Waals surface area contributed by atoms with Gasteiger partial charge in [-0.15, -0.1) is 13.2 Å². The minimum absolute atomic E-state index is 0.121. The van der Waals surface area contributed by atoms with Crippen LogP contribution in [0.2, 0.25) is 0 Å². The van der Waals surface area contributed by atoms with Gasteiger partial charge in [0.25, 0.3) is 0 Å². The fraction of sp³-hybridized carbons (Fsp3) is 0.625. The van der Waals surface area contributed by atoms with Gasteiger partial charge in [0, 0.05) is 12.1 Å². The molecule has 1 N–H and O–H groups in total. The molecule has 0 bridgehead atoms. The summed E-state index contributed by atoms with van der Waals surface area (Å²) >= 11 is 0. The van der Waals surface area contributed by atoms with Gasteiger partial charge in [0.05, 0.1) is 0 Å². The molecule has 3 atom stereocenters.